The third kappa shape index (κ3) is 7.80. The molecule has 1 saturated heterocycles. The van der Waals surface area contributed by atoms with Gasteiger partial charge in [0.25, 0.3) is 11.8 Å². The Morgan fingerprint density at radius 2 is 1.74 bits per heavy atom. The Morgan fingerprint density at radius 1 is 1.00 bits per heavy atom. The first kappa shape index (κ1) is 28.1. The number of anilines is 2. The molecular weight excluding hydrogens is 518 g/mol. The number of carbonyl (C=O) groups excluding carboxylic acids is 2. The van der Waals surface area contributed by atoms with E-state index < -0.39 is 0 Å². The summed E-state index contributed by atoms with van der Waals surface area (Å²) >= 11 is 7.47. The molecule has 1 aliphatic heterocycles. The summed E-state index contributed by atoms with van der Waals surface area (Å²) in [6.45, 7) is 7.68. The fraction of sp³-hybridized carbons (Fsp3) is 0.379. The molecule has 2 N–H and O–H groups in total. The van der Waals surface area contributed by atoms with E-state index in [4.69, 9.17) is 11.6 Å². The van der Waals surface area contributed by atoms with Crippen LogP contribution in [0.5, 0.6) is 0 Å². The molecule has 38 heavy (non-hydrogen) atoms. The van der Waals surface area contributed by atoms with Crippen molar-refractivity contribution in [3.63, 3.8) is 0 Å². The number of hydrogen-bond acceptors (Lipinski definition) is 6. The van der Waals surface area contributed by atoms with Gasteiger partial charge in [-0.25, -0.2) is 0 Å². The van der Waals surface area contributed by atoms with Gasteiger partial charge in [-0.15, -0.1) is 0 Å². The van der Waals surface area contributed by atoms with Crippen LogP contribution in [0.1, 0.15) is 33.2 Å². The van der Waals surface area contributed by atoms with Crippen molar-refractivity contribution >= 4 is 46.1 Å². The largest absolute Gasteiger partial charge is 0.367 e. The summed E-state index contributed by atoms with van der Waals surface area (Å²) in [6, 6.07) is 15.0. The average Bonchev–Trinajstić information content (AvgIpc) is 3.44. The third-order valence-electron chi connectivity index (χ3n) is 6.70. The minimum Gasteiger partial charge on any atom is -0.367 e. The summed E-state index contributed by atoms with van der Waals surface area (Å²) in [7, 11) is 4.18. The molecule has 2 heterocycles. The minimum atomic E-state index is -0.175. The van der Waals surface area contributed by atoms with Crippen LogP contribution in [0.4, 0.5) is 11.4 Å². The molecule has 1 aliphatic rings. The number of halogens is 1. The van der Waals surface area contributed by atoms with Crippen LogP contribution in [-0.2, 0) is 6.42 Å². The van der Waals surface area contributed by atoms with Gasteiger partial charge in [-0.3, -0.25) is 14.5 Å². The molecule has 0 aliphatic carbocycles. The number of rotatable bonds is 10. The Bertz CT molecular complexity index is 1210. The van der Waals surface area contributed by atoms with E-state index >= 15 is 0 Å². The molecule has 0 saturated carbocycles. The zero-order valence-corrected chi connectivity index (χ0v) is 23.8. The van der Waals surface area contributed by atoms with Gasteiger partial charge in [-0.2, -0.15) is 11.3 Å². The van der Waals surface area contributed by atoms with Gasteiger partial charge in [0.1, 0.15) is 0 Å². The van der Waals surface area contributed by atoms with E-state index in [9.17, 15) is 9.59 Å². The quantitative estimate of drug-likeness (QED) is 0.381. The molecule has 1 unspecified atom stereocenters. The van der Waals surface area contributed by atoms with Crippen molar-refractivity contribution in [1.82, 2.24) is 15.1 Å². The molecule has 7 nitrogen and oxygen atoms in total. The minimum absolute atomic E-state index is 0.0672. The molecule has 0 spiro atoms. The van der Waals surface area contributed by atoms with Crippen molar-refractivity contribution in [1.29, 1.82) is 0 Å². The van der Waals surface area contributed by atoms with Crippen molar-refractivity contribution < 1.29 is 9.59 Å². The molecule has 3 aromatic rings. The summed E-state index contributed by atoms with van der Waals surface area (Å²) in [5.41, 5.74) is 3.82. The number of amides is 2. The fourth-order valence-electron chi connectivity index (χ4n) is 4.53. The molecule has 4 rings (SSSR count). The maximum Gasteiger partial charge on any atom is 0.256 e. The van der Waals surface area contributed by atoms with Crippen LogP contribution in [0.2, 0.25) is 5.02 Å². The number of thiophene rings is 1. The van der Waals surface area contributed by atoms with Crippen molar-refractivity contribution in [3.8, 4) is 0 Å². The highest BCUT2D eigenvalue weighted by Gasteiger charge is 2.22. The van der Waals surface area contributed by atoms with Crippen LogP contribution in [0, 0.1) is 0 Å². The second kappa shape index (κ2) is 13.2. The van der Waals surface area contributed by atoms with E-state index in [0.29, 0.717) is 28.3 Å². The molecular formula is C29H36ClN5O2S. The van der Waals surface area contributed by atoms with Crippen LogP contribution in [0.3, 0.4) is 0 Å². The maximum absolute atomic E-state index is 13.2. The highest BCUT2D eigenvalue weighted by Crippen LogP contribution is 2.29. The van der Waals surface area contributed by atoms with Gasteiger partial charge in [0.2, 0.25) is 0 Å². The Labute approximate surface area is 234 Å². The molecule has 1 aromatic heterocycles. The molecule has 0 radical (unpaired) electrons. The van der Waals surface area contributed by atoms with Crippen molar-refractivity contribution in [2.45, 2.75) is 19.4 Å². The Morgan fingerprint density at radius 3 is 2.39 bits per heavy atom. The lowest BCUT2D eigenvalue weighted by Crippen LogP contribution is -2.48. The molecule has 2 aromatic carbocycles. The summed E-state index contributed by atoms with van der Waals surface area (Å²) in [6.07, 6.45) is 0.695. The number of nitrogens with one attached hydrogen (secondary N) is 2. The zero-order valence-electron chi connectivity index (χ0n) is 22.2. The van der Waals surface area contributed by atoms with Gasteiger partial charge >= 0.3 is 0 Å². The van der Waals surface area contributed by atoms with E-state index in [1.807, 2.05) is 54.1 Å². The SMILES string of the molecule is CC(Cc1ccc(Cl)cc1)NC(=O)c1ccc(N2CCN(CCN(C)C)CC2)c(NC(=O)c2ccsc2)c1. The molecule has 9 heteroatoms. The van der Waals surface area contributed by atoms with Crippen LogP contribution in [-0.4, -0.2) is 81.0 Å². The van der Waals surface area contributed by atoms with E-state index in [1.165, 1.54) is 11.3 Å². The monoisotopic (exact) mass is 553 g/mol. The summed E-state index contributed by atoms with van der Waals surface area (Å²) in [5, 5.41) is 10.6. The van der Waals surface area contributed by atoms with E-state index in [2.05, 4.69) is 39.4 Å². The Balaban J connectivity index is 1.47. The van der Waals surface area contributed by atoms with Gasteiger partial charge in [0.05, 0.1) is 16.9 Å². The highest BCUT2D eigenvalue weighted by atomic mass is 35.5. The van der Waals surface area contributed by atoms with Crippen molar-refractivity contribution in [3.05, 3.63) is 81.0 Å². The molecule has 202 valence electrons. The number of benzene rings is 2. The molecule has 2 amide bonds. The second-order valence-corrected chi connectivity index (χ2v) is 11.3. The number of carbonyl (C=O) groups is 2. The first-order valence-electron chi connectivity index (χ1n) is 12.9. The first-order chi connectivity index (χ1) is 18.3. The topological polar surface area (TPSA) is 67.9 Å². The summed E-state index contributed by atoms with van der Waals surface area (Å²) < 4.78 is 0. The lowest BCUT2D eigenvalue weighted by Gasteiger charge is -2.37. The summed E-state index contributed by atoms with van der Waals surface area (Å²) in [4.78, 5) is 33.1. The fourth-order valence-corrected chi connectivity index (χ4v) is 5.29. The number of nitrogens with zero attached hydrogens (tertiary/aromatic N) is 3. The molecule has 1 fully saturated rings. The Hall–Kier alpha value is -2.91. The normalized spacial score (nSPS) is 14.9. The molecule has 0 bridgehead atoms. The first-order valence-corrected chi connectivity index (χ1v) is 14.3. The van der Waals surface area contributed by atoms with E-state index in [1.54, 1.807) is 12.1 Å². The second-order valence-electron chi connectivity index (χ2n) is 10.0. The number of piperazine rings is 1. The van der Waals surface area contributed by atoms with Gasteiger partial charge in [0.15, 0.2) is 0 Å². The van der Waals surface area contributed by atoms with Gasteiger partial charge in [-0.05, 0) is 74.8 Å². The number of hydrogen-bond donors (Lipinski definition) is 2. The maximum atomic E-state index is 13.2. The predicted octanol–water partition coefficient (Wildman–Crippen LogP) is 4.70. The third-order valence-corrected chi connectivity index (χ3v) is 7.63. The lowest BCUT2D eigenvalue weighted by atomic mass is 10.1. The van der Waals surface area contributed by atoms with Crippen molar-refractivity contribution in [2.24, 2.45) is 0 Å². The van der Waals surface area contributed by atoms with E-state index in [-0.39, 0.29) is 17.9 Å². The summed E-state index contributed by atoms with van der Waals surface area (Å²) in [5.74, 6) is -0.344. The van der Waals surface area contributed by atoms with Crippen LogP contribution >= 0.6 is 22.9 Å². The van der Waals surface area contributed by atoms with Crippen LogP contribution in [0.15, 0.2) is 59.3 Å². The molecule has 1 atom stereocenters. The number of likely N-dealkylation sites (N-methyl/N-ethyl adjacent to an activating group) is 1. The predicted molar refractivity (Wildman–Crippen MR) is 158 cm³/mol. The smallest absolute Gasteiger partial charge is 0.256 e. The van der Waals surface area contributed by atoms with Gasteiger partial charge in [0, 0.05) is 61.3 Å². The van der Waals surface area contributed by atoms with E-state index in [0.717, 1.165) is 50.5 Å². The zero-order chi connectivity index (χ0) is 27.1. The van der Waals surface area contributed by atoms with Crippen molar-refractivity contribution in [2.75, 3.05) is 63.6 Å². The van der Waals surface area contributed by atoms with Gasteiger partial charge < -0.3 is 20.4 Å². The van der Waals surface area contributed by atoms with Gasteiger partial charge in [-0.1, -0.05) is 23.7 Å². The van der Waals surface area contributed by atoms with Crippen LogP contribution in [0.25, 0.3) is 0 Å². The highest BCUT2D eigenvalue weighted by molar-refractivity contribution is 7.08. The lowest BCUT2D eigenvalue weighted by molar-refractivity contribution is 0.0939. The standard InChI is InChI=1S/C29H36ClN5O2S/c1-21(18-22-4-7-25(30)8-5-22)31-28(36)23-6-9-27(26(19-23)32-29(37)24-10-17-38-20-24)35-15-13-34(14-16-35)12-11-33(2)3/h4-10,17,19-21H,11-16,18H2,1-3H3,(H,31,36)(H,32,37). The Kier molecular flexibility index (Phi) is 9.80. The average molecular weight is 554 g/mol. The van der Waals surface area contributed by atoms with Crippen LogP contribution < -0.4 is 15.5 Å².